The minimum absolute atomic E-state index is 0.0545. The molecule has 9 heteroatoms. The maximum absolute atomic E-state index is 12.3. The van der Waals surface area contributed by atoms with Crippen LogP contribution in [0, 0.1) is 0 Å². The molecule has 3 unspecified atom stereocenters. The van der Waals surface area contributed by atoms with E-state index < -0.39 is 20.0 Å². The first-order valence-electron chi connectivity index (χ1n) is 22.7. The number of quaternary nitrogens is 1. The van der Waals surface area contributed by atoms with Gasteiger partial charge in [-0.05, 0) is 25.7 Å². The molecule has 0 saturated heterocycles. The molecular weight excluding hydrogens is 695 g/mol. The van der Waals surface area contributed by atoms with Crippen molar-refractivity contribution in [3.05, 3.63) is 24.3 Å². The van der Waals surface area contributed by atoms with Gasteiger partial charge < -0.3 is 19.8 Å². The number of aliphatic hydroxyl groups is 1. The van der Waals surface area contributed by atoms with E-state index in [1.165, 1.54) is 167 Å². The van der Waals surface area contributed by atoms with Crippen molar-refractivity contribution in [2.75, 3.05) is 40.9 Å². The van der Waals surface area contributed by atoms with Gasteiger partial charge in [0.1, 0.15) is 13.2 Å². The van der Waals surface area contributed by atoms with Gasteiger partial charge in [0.15, 0.2) is 0 Å². The van der Waals surface area contributed by atoms with E-state index in [-0.39, 0.29) is 25.5 Å². The van der Waals surface area contributed by atoms with Crippen LogP contribution in [0.25, 0.3) is 0 Å². The summed E-state index contributed by atoms with van der Waals surface area (Å²) in [6, 6.07) is -0.856. The lowest BCUT2D eigenvalue weighted by Crippen LogP contribution is -2.45. The number of hydrogen-bond donors (Lipinski definition) is 3. The fourth-order valence-electron chi connectivity index (χ4n) is 6.55. The number of phosphoric ester groups is 1. The lowest BCUT2D eigenvalue weighted by atomic mass is 10.0. The van der Waals surface area contributed by atoms with Gasteiger partial charge in [-0.1, -0.05) is 199 Å². The Morgan fingerprint density at radius 2 is 1.00 bits per heavy atom. The monoisotopic (exact) mass is 786 g/mol. The molecule has 0 aromatic carbocycles. The van der Waals surface area contributed by atoms with Gasteiger partial charge in [0.25, 0.3) is 0 Å². The molecule has 3 N–H and O–H groups in total. The number of carbonyl (C=O) groups is 1. The van der Waals surface area contributed by atoms with Gasteiger partial charge in [0.2, 0.25) is 5.91 Å². The Bertz CT molecular complexity index is 938. The van der Waals surface area contributed by atoms with Gasteiger partial charge in [0.05, 0.1) is 39.9 Å². The van der Waals surface area contributed by atoms with E-state index in [1.54, 1.807) is 13.0 Å². The highest BCUT2D eigenvalue weighted by Gasteiger charge is 2.27. The maximum atomic E-state index is 12.3. The number of likely N-dealkylation sites (N-methyl/N-ethyl adjacent to an activating group) is 1. The average molecular weight is 786 g/mol. The second-order valence-corrected chi connectivity index (χ2v) is 18.2. The van der Waals surface area contributed by atoms with Crippen molar-refractivity contribution in [2.45, 2.75) is 219 Å². The highest BCUT2D eigenvalue weighted by molar-refractivity contribution is 7.47. The Hall–Kier alpha value is -1.02. The summed E-state index contributed by atoms with van der Waals surface area (Å²) < 4.78 is 23.0. The molecular formula is C45H90N2O6P+. The molecule has 0 aromatic heterocycles. The number of hydrogen-bond acceptors (Lipinski definition) is 5. The SMILES string of the molecule is CCCCCCCCCCCCCCCCCCCCCCCCCCCC/C=C/CC/C=C/C(O)C(COP(=O)(O)OCC[N+](C)(C)C)NC(=O)CC. The molecule has 0 spiro atoms. The number of nitrogens with one attached hydrogen (secondary N) is 1. The average Bonchev–Trinajstić information content (AvgIpc) is 3.12. The van der Waals surface area contributed by atoms with E-state index in [4.69, 9.17) is 9.05 Å². The highest BCUT2D eigenvalue weighted by atomic mass is 31.2. The minimum atomic E-state index is -4.31. The van der Waals surface area contributed by atoms with Gasteiger partial charge in [-0.3, -0.25) is 13.8 Å². The molecule has 0 rings (SSSR count). The molecule has 0 fully saturated rings. The zero-order valence-corrected chi connectivity index (χ0v) is 37.1. The molecule has 320 valence electrons. The molecule has 0 aliphatic carbocycles. The number of amides is 1. The Morgan fingerprint density at radius 1 is 0.611 bits per heavy atom. The molecule has 0 heterocycles. The predicted octanol–water partition coefficient (Wildman–Crippen LogP) is 12.5. The summed E-state index contributed by atoms with van der Waals surface area (Å²) in [5.41, 5.74) is 0. The van der Waals surface area contributed by atoms with Crippen molar-refractivity contribution in [3.8, 4) is 0 Å². The van der Waals surface area contributed by atoms with Crippen molar-refractivity contribution in [2.24, 2.45) is 0 Å². The first-order valence-corrected chi connectivity index (χ1v) is 24.2. The maximum Gasteiger partial charge on any atom is 0.472 e. The lowest BCUT2D eigenvalue weighted by molar-refractivity contribution is -0.870. The summed E-state index contributed by atoms with van der Waals surface area (Å²) in [4.78, 5) is 22.0. The Kier molecular flexibility index (Phi) is 36.8. The molecule has 3 atom stereocenters. The summed E-state index contributed by atoms with van der Waals surface area (Å²) in [7, 11) is 1.55. The van der Waals surface area contributed by atoms with Crippen LogP contribution in [0.3, 0.4) is 0 Å². The molecule has 0 bridgehead atoms. The Labute approximate surface area is 334 Å². The largest absolute Gasteiger partial charge is 0.472 e. The normalized spacial score (nSPS) is 14.6. The first-order chi connectivity index (χ1) is 26.0. The van der Waals surface area contributed by atoms with Crippen LogP contribution in [0.2, 0.25) is 0 Å². The summed E-state index contributed by atoms with van der Waals surface area (Å²) in [6.07, 6.45) is 46.7. The van der Waals surface area contributed by atoms with E-state index in [0.29, 0.717) is 11.0 Å². The van der Waals surface area contributed by atoms with Crippen LogP contribution in [-0.2, 0) is 18.4 Å². The zero-order valence-electron chi connectivity index (χ0n) is 36.2. The third kappa shape index (κ3) is 39.2. The molecule has 8 nitrogen and oxygen atoms in total. The number of phosphoric acid groups is 1. The van der Waals surface area contributed by atoms with Gasteiger partial charge in [0, 0.05) is 6.42 Å². The summed E-state index contributed by atoms with van der Waals surface area (Å²) in [5.74, 6) is -0.274. The number of allylic oxidation sites excluding steroid dienone is 3. The van der Waals surface area contributed by atoms with E-state index in [1.807, 2.05) is 27.2 Å². The number of rotatable bonds is 41. The topological polar surface area (TPSA) is 105 Å². The van der Waals surface area contributed by atoms with Crippen LogP contribution in [0.5, 0.6) is 0 Å². The second-order valence-electron chi connectivity index (χ2n) is 16.7. The zero-order chi connectivity index (χ0) is 40.0. The molecule has 0 aliphatic heterocycles. The van der Waals surface area contributed by atoms with Crippen LogP contribution in [0.15, 0.2) is 24.3 Å². The quantitative estimate of drug-likeness (QED) is 0.0247. The van der Waals surface area contributed by atoms with Gasteiger partial charge in [-0.2, -0.15) is 0 Å². The number of carbonyl (C=O) groups excluding carboxylic acids is 1. The van der Waals surface area contributed by atoms with E-state index in [9.17, 15) is 19.4 Å². The van der Waals surface area contributed by atoms with Crippen molar-refractivity contribution >= 4 is 13.7 Å². The van der Waals surface area contributed by atoms with Gasteiger partial charge >= 0.3 is 7.82 Å². The molecule has 1 amide bonds. The number of unbranched alkanes of at least 4 members (excludes halogenated alkanes) is 27. The van der Waals surface area contributed by atoms with Crippen LogP contribution in [0.1, 0.15) is 206 Å². The van der Waals surface area contributed by atoms with Crippen LogP contribution < -0.4 is 5.32 Å². The third-order valence-electron chi connectivity index (χ3n) is 10.2. The molecule has 0 saturated carbocycles. The fraction of sp³-hybridized carbons (Fsp3) is 0.889. The van der Waals surface area contributed by atoms with Crippen molar-refractivity contribution < 1.29 is 32.9 Å². The highest BCUT2D eigenvalue weighted by Crippen LogP contribution is 2.43. The van der Waals surface area contributed by atoms with Crippen molar-refractivity contribution in [3.63, 3.8) is 0 Å². The van der Waals surface area contributed by atoms with Crippen molar-refractivity contribution in [1.82, 2.24) is 5.32 Å². The van der Waals surface area contributed by atoms with Crippen LogP contribution in [0.4, 0.5) is 0 Å². The van der Waals surface area contributed by atoms with Crippen LogP contribution in [-0.4, -0.2) is 73.4 Å². The molecule has 54 heavy (non-hydrogen) atoms. The van der Waals surface area contributed by atoms with Crippen molar-refractivity contribution in [1.29, 1.82) is 0 Å². The number of aliphatic hydroxyl groups excluding tert-OH is 1. The van der Waals surface area contributed by atoms with E-state index >= 15 is 0 Å². The first kappa shape index (κ1) is 53.0. The summed E-state index contributed by atoms with van der Waals surface area (Å²) in [6.45, 7) is 4.25. The summed E-state index contributed by atoms with van der Waals surface area (Å²) in [5, 5.41) is 13.3. The lowest BCUT2D eigenvalue weighted by Gasteiger charge is -2.25. The fourth-order valence-corrected chi connectivity index (χ4v) is 7.29. The third-order valence-corrected chi connectivity index (χ3v) is 11.2. The predicted molar refractivity (Wildman–Crippen MR) is 231 cm³/mol. The standard InChI is InChI=1S/C45H89N2O6P/c1-6-8-9-10-11-12-13-14-15-16-17-18-19-20-21-22-23-24-25-26-27-28-29-30-31-32-33-34-35-36-37-38-39-44(48)43(46-45(49)7-2)42-53-54(50,51)52-41-40-47(3,4)5/h34-35,38-39,43-44,48H,6-33,36-37,40-42H2,1-5H3,(H-,46,49,50,51)/p+1/b35-34+,39-38+. The number of nitrogens with zero attached hydrogens (tertiary/aromatic N) is 1. The molecule has 0 aromatic rings. The van der Waals surface area contributed by atoms with Gasteiger partial charge in [-0.15, -0.1) is 0 Å². The van der Waals surface area contributed by atoms with E-state index in [2.05, 4.69) is 24.4 Å². The summed E-state index contributed by atoms with van der Waals surface area (Å²) >= 11 is 0. The smallest absolute Gasteiger partial charge is 0.387 e. The van der Waals surface area contributed by atoms with Crippen LogP contribution >= 0.6 is 7.82 Å². The minimum Gasteiger partial charge on any atom is -0.387 e. The Balaban J connectivity index is 3.68. The van der Waals surface area contributed by atoms with Gasteiger partial charge in [-0.25, -0.2) is 4.57 Å². The van der Waals surface area contributed by atoms with E-state index in [0.717, 1.165) is 19.3 Å². The second kappa shape index (κ2) is 37.6. The molecule has 0 radical (unpaired) electrons. The Morgan fingerprint density at radius 3 is 1.41 bits per heavy atom. The molecule has 0 aliphatic rings.